The first-order valence-corrected chi connectivity index (χ1v) is 3.78. The number of alkyl halides is 1. The van der Waals surface area contributed by atoms with Crippen LogP contribution in [-0.2, 0) is 4.74 Å². The summed E-state index contributed by atoms with van der Waals surface area (Å²) in [5, 5.41) is 1.02. The van der Waals surface area contributed by atoms with Crippen LogP contribution in [0.25, 0.3) is 0 Å². The van der Waals surface area contributed by atoms with Crippen molar-refractivity contribution < 1.29 is 4.74 Å². The summed E-state index contributed by atoms with van der Waals surface area (Å²) in [5.74, 6) is 0. The van der Waals surface area contributed by atoms with Crippen LogP contribution in [0.2, 0.25) is 0 Å². The van der Waals surface area contributed by atoms with Crippen molar-refractivity contribution in [1.82, 2.24) is 0 Å². The second-order valence-electron chi connectivity index (χ2n) is 1.41. The third kappa shape index (κ3) is 6.18. The molecule has 0 aliphatic heterocycles. The van der Waals surface area contributed by atoms with Crippen molar-refractivity contribution in [2.45, 2.75) is 6.42 Å². The molecule has 0 rings (SSSR count). The summed E-state index contributed by atoms with van der Waals surface area (Å²) in [6.45, 7) is 5.03. The standard InChI is InChI=1S/C6H11BrO/c1-2-5-8-6-3-4-7/h2H,1,3-6H2. The zero-order chi connectivity index (χ0) is 6.24. The van der Waals surface area contributed by atoms with E-state index >= 15 is 0 Å². The maximum absolute atomic E-state index is 5.08. The van der Waals surface area contributed by atoms with E-state index < -0.39 is 0 Å². The molecule has 0 saturated heterocycles. The molecule has 0 amide bonds. The molecule has 0 fully saturated rings. The predicted molar refractivity (Wildman–Crippen MR) is 39.4 cm³/mol. The Kier molecular flexibility index (Phi) is 7.34. The molecule has 0 spiro atoms. The van der Waals surface area contributed by atoms with Gasteiger partial charge in [0.2, 0.25) is 0 Å². The fraction of sp³-hybridized carbons (Fsp3) is 0.667. The molecule has 1 nitrogen and oxygen atoms in total. The Morgan fingerprint density at radius 3 is 2.88 bits per heavy atom. The second-order valence-corrected chi connectivity index (χ2v) is 2.20. The van der Waals surface area contributed by atoms with Crippen LogP contribution in [-0.4, -0.2) is 18.5 Å². The Morgan fingerprint density at radius 1 is 1.62 bits per heavy atom. The van der Waals surface area contributed by atoms with Crippen molar-refractivity contribution in [2.24, 2.45) is 0 Å². The second kappa shape index (κ2) is 7.18. The lowest BCUT2D eigenvalue weighted by molar-refractivity contribution is 0.164. The van der Waals surface area contributed by atoms with Gasteiger partial charge in [0.1, 0.15) is 0 Å². The highest BCUT2D eigenvalue weighted by Crippen LogP contribution is 1.87. The van der Waals surface area contributed by atoms with Crippen molar-refractivity contribution in [1.29, 1.82) is 0 Å². The van der Waals surface area contributed by atoms with Gasteiger partial charge in [-0.05, 0) is 6.42 Å². The van der Waals surface area contributed by atoms with E-state index in [4.69, 9.17) is 4.74 Å². The van der Waals surface area contributed by atoms with Gasteiger partial charge in [0, 0.05) is 11.9 Å². The first kappa shape index (κ1) is 8.18. The number of rotatable bonds is 5. The molecule has 0 aliphatic rings. The van der Waals surface area contributed by atoms with E-state index in [1.54, 1.807) is 6.08 Å². The maximum atomic E-state index is 5.08. The first-order valence-electron chi connectivity index (χ1n) is 2.66. The number of ether oxygens (including phenoxy) is 1. The van der Waals surface area contributed by atoms with Gasteiger partial charge in [-0.3, -0.25) is 0 Å². The van der Waals surface area contributed by atoms with Gasteiger partial charge in [0.25, 0.3) is 0 Å². The average Bonchev–Trinajstić information content (AvgIpc) is 1.81. The molecule has 0 heterocycles. The van der Waals surface area contributed by atoms with Crippen LogP contribution in [0.3, 0.4) is 0 Å². The monoisotopic (exact) mass is 178 g/mol. The highest BCUT2D eigenvalue weighted by Gasteiger charge is 1.80. The van der Waals surface area contributed by atoms with Crippen LogP contribution in [0.5, 0.6) is 0 Å². The van der Waals surface area contributed by atoms with Crippen molar-refractivity contribution in [2.75, 3.05) is 18.5 Å². The van der Waals surface area contributed by atoms with Gasteiger partial charge in [-0.15, -0.1) is 6.58 Å². The van der Waals surface area contributed by atoms with Crippen LogP contribution in [0, 0.1) is 0 Å². The SMILES string of the molecule is C=CCOCCCBr. The van der Waals surface area contributed by atoms with Crippen LogP contribution in [0.1, 0.15) is 6.42 Å². The molecule has 0 aromatic heterocycles. The summed E-state index contributed by atoms with van der Waals surface area (Å²) in [4.78, 5) is 0. The minimum absolute atomic E-state index is 0.674. The Hall–Kier alpha value is 0.180. The molecule has 0 aromatic carbocycles. The lowest BCUT2D eigenvalue weighted by atomic mass is 10.5. The molecule has 0 bridgehead atoms. The summed E-state index contributed by atoms with van der Waals surface area (Å²) in [6, 6.07) is 0. The molecule has 0 radical (unpaired) electrons. The summed E-state index contributed by atoms with van der Waals surface area (Å²) < 4.78 is 5.08. The van der Waals surface area contributed by atoms with E-state index in [1.165, 1.54) is 0 Å². The number of halogens is 1. The number of hydrogen-bond donors (Lipinski definition) is 0. The van der Waals surface area contributed by atoms with Gasteiger partial charge in [-0.25, -0.2) is 0 Å². The Balaban J connectivity index is 2.62. The molecular formula is C6H11BrO. The fourth-order valence-electron chi connectivity index (χ4n) is 0.323. The minimum atomic E-state index is 0.674. The lowest BCUT2D eigenvalue weighted by Crippen LogP contribution is -1.93. The van der Waals surface area contributed by atoms with Crippen LogP contribution >= 0.6 is 15.9 Å². The Labute approximate surface area is 58.9 Å². The molecule has 0 aromatic rings. The zero-order valence-corrected chi connectivity index (χ0v) is 6.49. The quantitative estimate of drug-likeness (QED) is 0.356. The highest BCUT2D eigenvalue weighted by atomic mass is 79.9. The van der Waals surface area contributed by atoms with E-state index in [1.807, 2.05) is 0 Å². The average molecular weight is 179 g/mol. The Bertz CT molecular complexity index is 54.5. The van der Waals surface area contributed by atoms with Gasteiger partial charge in [-0.2, -0.15) is 0 Å². The molecule has 0 N–H and O–H groups in total. The van der Waals surface area contributed by atoms with Gasteiger partial charge in [0.05, 0.1) is 6.61 Å². The molecule has 48 valence electrons. The predicted octanol–water partition coefficient (Wildman–Crippen LogP) is 1.97. The van der Waals surface area contributed by atoms with Crippen LogP contribution in [0.15, 0.2) is 12.7 Å². The van der Waals surface area contributed by atoms with Gasteiger partial charge in [-0.1, -0.05) is 22.0 Å². The molecule has 0 unspecified atom stereocenters. The normalized spacial score (nSPS) is 9.12. The van der Waals surface area contributed by atoms with Gasteiger partial charge in [0.15, 0.2) is 0 Å². The third-order valence-corrected chi connectivity index (χ3v) is 1.22. The molecule has 2 heteroatoms. The maximum Gasteiger partial charge on any atom is 0.0644 e. The van der Waals surface area contributed by atoms with Crippen molar-refractivity contribution in [3.05, 3.63) is 12.7 Å². The summed E-state index contributed by atoms with van der Waals surface area (Å²) in [7, 11) is 0. The molecule has 0 aliphatic carbocycles. The van der Waals surface area contributed by atoms with Gasteiger partial charge >= 0.3 is 0 Å². The van der Waals surface area contributed by atoms with Crippen molar-refractivity contribution in [3.63, 3.8) is 0 Å². The van der Waals surface area contributed by atoms with Gasteiger partial charge < -0.3 is 4.74 Å². The smallest absolute Gasteiger partial charge is 0.0644 e. The van der Waals surface area contributed by atoms with E-state index in [9.17, 15) is 0 Å². The van der Waals surface area contributed by atoms with Crippen LogP contribution < -0.4 is 0 Å². The topological polar surface area (TPSA) is 9.23 Å². The van der Waals surface area contributed by atoms with Crippen LogP contribution in [0.4, 0.5) is 0 Å². The van der Waals surface area contributed by atoms with Crippen molar-refractivity contribution in [3.8, 4) is 0 Å². The fourth-order valence-corrected chi connectivity index (χ4v) is 0.552. The molecule has 0 atom stereocenters. The molecule has 8 heavy (non-hydrogen) atoms. The van der Waals surface area contributed by atoms with E-state index in [2.05, 4.69) is 22.5 Å². The van der Waals surface area contributed by atoms with Crippen molar-refractivity contribution >= 4 is 15.9 Å². The largest absolute Gasteiger partial charge is 0.377 e. The van der Waals surface area contributed by atoms with E-state index in [0.717, 1.165) is 18.4 Å². The third-order valence-electron chi connectivity index (χ3n) is 0.658. The lowest BCUT2D eigenvalue weighted by Gasteiger charge is -1.95. The summed E-state index contributed by atoms with van der Waals surface area (Å²) in [6.07, 6.45) is 2.84. The molecular weight excluding hydrogens is 168 g/mol. The highest BCUT2D eigenvalue weighted by molar-refractivity contribution is 9.09. The zero-order valence-electron chi connectivity index (χ0n) is 4.90. The summed E-state index contributed by atoms with van der Waals surface area (Å²) in [5.41, 5.74) is 0. The minimum Gasteiger partial charge on any atom is -0.377 e. The van der Waals surface area contributed by atoms with E-state index in [0.29, 0.717) is 6.61 Å². The summed E-state index contributed by atoms with van der Waals surface area (Å²) >= 11 is 3.30. The molecule has 0 saturated carbocycles. The first-order chi connectivity index (χ1) is 3.91. The van der Waals surface area contributed by atoms with E-state index in [-0.39, 0.29) is 0 Å². The number of hydrogen-bond acceptors (Lipinski definition) is 1. The Morgan fingerprint density at radius 2 is 2.38 bits per heavy atom.